The number of hydrogen-bond acceptors (Lipinski definition) is 3. The highest BCUT2D eigenvalue weighted by Gasteiger charge is 2.27. The van der Waals surface area contributed by atoms with Crippen molar-refractivity contribution in [2.24, 2.45) is 5.92 Å². The third-order valence-corrected chi connectivity index (χ3v) is 3.91. The first-order valence-electron chi connectivity index (χ1n) is 6.90. The Morgan fingerprint density at radius 3 is 2.59 bits per heavy atom. The van der Waals surface area contributed by atoms with Crippen LogP contribution in [0.2, 0.25) is 0 Å². The maximum atomic E-state index is 5.23. The van der Waals surface area contributed by atoms with Crippen LogP contribution in [0.4, 0.5) is 0 Å². The van der Waals surface area contributed by atoms with Gasteiger partial charge in [0.25, 0.3) is 0 Å². The Hall–Kier alpha value is -0.560. The minimum absolute atomic E-state index is 0.603. The average Bonchev–Trinajstić information content (AvgIpc) is 3.14. The number of hydrogen-bond donors (Lipinski definition) is 1. The van der Waals surface area contributed by atoms with Crippen molar-refractivity contribution >= 4 is 0 Å². The van der Waals surface area contributed by atoms with Gasteiger partial charge in [-0.15, -0.1) is 6.42 Å². The van der Waals surface area contributed by atoms with Gasteiger partial charge in [-0.2, -0.15) is 0 Å². The molecule has 0 aromatic rings. The van der Waals surface area contributed by atoms with Crippen LogP contribution in [-0.2, 0) is 0 Å². The Bertz CT molecular complexity index is 259. The van der Waals surface area contributed by atoms with Crippen molar-refractivity contribution in [3.8, 4) is 12.3 Å². The van der Waals surface area contributed by atoms with E-state index >= 15 is 0 Å². The fraction of sp³-hybridized carbons (Fsp3) is 0.857. The molecule has 0 spiro atoms. The molecule has 96 valence electrons. The molecular weight excluding hydrogens is 210 g/mol. The highest BCUT2D eigenvalue weighted by Crippen LogP contribution is 2.29. The Labute approximate surface area is 106 Å². The van der Waals surface area contributed by atoms with Gasteiger partial charge >= 0.3 is 0 Å². The Kier molecular flexibility index (Phi) is 4.85. The molecule has 0 bridgehead atoms. The molecule has 3 heteroatoms. The van der Waals surface area contributed by atoms with Gasteiger partial charge in [-0.05, 0) is 25.7 Å². The molecule has 1 atom stereocenters. The normalized spacial score (nSPS) is 24.5. The van der Waals surface area contributed by atoms with Gasteiger partial charge in [0.05, 0.1) is 6.54 Å². The van der Waals surface area contributed by atoms with Crippen molar-refractivity contribution in [3.63, 3.8) is 0 Å². The SMILES string of the molecule is C#CCNCC(C)N1CCN(CC2CC2)CC1. The standard InChI is InChI=1S/C14H25N3/c1-3-6-15-11-13(2)17-9-7-16(8-10-17)12-14-4-5-14/h1,13-15H,4-12H2,2H3. The first-order chi connectivity index (χ1) is 8.29. The summed E-state index contributed by atoms with van der Waals surface area (Å²) in [6.07, 6.45) is 8.16. The van der Waals surface area contributed by atoms with Gasteiger partial charge in [0, 0.05) is 45.3 Å². The third-order valence-electron chi connectivity index (χ3n) is 3.91. The minimum Gasteiger partial charge on any atom is -0.305 e. The van der Waals surface area contributed by atoms with E-state index < -0.39 is 0 Å². The molecule has 3 nitrogen and oxygen atoms in total. The zero-order valence-corrected chi connectivity index (χ0v) is 11.0. The van der Waals surface area contributed by atoms with Gasteiger partial charge in [0.2, 0.25) is 0 Å². The van der Waals surface area contributed by atoms with Gasteiger partial charge in [-0.25, -0.2) is 0 Å². The summed E-state index contributed by atoms with van der Waals surface area (Å²) in [6, 6.07) is 0.603. The fourth-order valence-electron chi connectivity index (χ4n) is 2.53. The Balaban J connectivity index is 1.61. The minimum atomic E-state index is 0.603. The number of rotatable bonds is 6. The molecule has 1 aliphatic carbocycles. The molecule has 2 aliphatic rings. The van der Waals surface area contributed by atoms with Crippen LogP contribution in [0, 0.1) is 18.3 Å². The van der Waals surface area contributed by atoms with E-state index in [1.165, 1.54) is 45.6 Å². The summed E-state index contributed by atoms with van der Waals surface area (Å²) >= 11 is 0. The second-order valence-electron chi connectivity index (χ2n) is 5.46. The van der Waals surface area contributed by atoms with Crippen molar-refractivity contribution in [2.45, 2.75) is 25.8 Å². The highest BCUT2D eigenvalue weighted by molar-refractivity contribution is 4.88. The fourth-order valence-corrected chi connectivity index (χ4v) is 2.53. The topological polar surface area (TPSA) is 18.5 Å². The van der Waals surface area contributed by atoms with Crippen LogP contribution in [0.1, 0.15) is 19.8 Å². The van der Waals surface area contributed by atoms with E-state index in [1.807, 2.05) is 0 Å². The predicted octanol–water partition coefficient (Wildman–Crippen LogP) is 0.625. The lowest BCUT2D eigenvalue weighted by atomic mass is 10.2. The molecular formula is C14H25N3. The van der Waals surface area contributed by atoms with Crippen LogP contribution in [-0.4, -0.2) is 61.7 Å². The molecule has 1 saturated carbocycles. The molecule has 1 saturated heterocycles. The summed E-state index contributed by atoms with van der Waals surface area (Å²) < 4.78 is 0. The second-order valence-corrected chi connectivity index (χ2v) is 5.46. The predicted molar refractivity (Wildman–Crippen MR) is 71.9 cm³/mol. The molecule has 0 aromatic carbocycles. The van der Waals surface area contributed by atoms with Gasteiger partial charge in [0.15, 0.2) is 0 Å². The summed E-state index contributed by atoms with van der Waals surface area (Å²) in [5.74, 6) is 3.65. The summed E-state index contributed by atoms with van der Waals surface area (Å²) in [4.78, 5) is 5.21. The van der Waals surface area contributed by atoms with E-state index in [2.05, 4.69) is 28.0 Å². The lowest BCUT2D eigenvalue weighted by molar-refractivity contribution is 0.0991. The van der Waals surface area contributed by atoms with E-state index in [9.17, 15) is 0 Å². The van der Waals surface area contributed by atoms with E-state index in [1.54, 1.807) is 0 Å². The molecule has 0 aromatic heterocycles. The summed E-state index contributed by atoms with van der Waals surface area (Å²) in [7, 11) is 0. The van der Waals surface area contributed by atoms with Crippen molar-refractivity contribution in [1.82, 2.24) is 15.1 Å². The largest absolute Gasteiger partial charge is 0.305 e. The summed E-state index contributed by atoms with van der Waals surface area (Å²) in [6.45, 7) is 10.2. The van der Waals surface area contributed by atoms with Crippen molar-refractivity contribution < 1.29 is 0 Å². The van der Waals surface area contributed by atoms with E-state index in [4.69, 9.17) is 6.42 Å². The van der Waals surface area contributed by atoms with Crippen LogP contribution in [0.25, 0.3) is 0 Å². The maximum Gasteiger partial charge on any atom is 0.0574 e. The lowest BCUT2D eigenvalue weighted by Gasteiger charge is -2.38. The van der Waals surface area contributed by atoms with Crippen LogP contribution in [0.15, 0.2) is 0 Å². The smallest absolute Gasteiger partial charge is 0.0574 e. The van der Waals surface area contributed by atoms with Crippen LogP contribution >= 0.6 is 0 Å². The molecule has 1 aliphatic heterocycles. The van der Waals surface area contributed by atoms with Crippen molar-refractivity contribution in [2.75, 3.05) is 45.8 Å². The molecule has 17 heavy (non-hydrogen) atoms. The number of nitrogens with one attached hydrogen (secondary N) is 1. The van der Waals surface area contributed by atoms with E-state index in [-0.39, 0.29) is 0 Å². The monoisotopic (exact) mass is 235 g/mol. The van der Waals surface area contributed by atoms with E-state index in [0.29, 0.717) is 12.6 Å². The lowest BCUT2D eigenvalue weighted by Crippen LogP contribution is -2.52. The van der Waals surface area contributed by atoms with Gasteiger partial charge in [-0.1, -0.05) is 5.92 Å². The molecule has 1 unspecified atom stereocenters. The molecule has 2 rings (SSSR count). The quantitative estimate of drug-likeness (QED) is 0.538. The van der Waals surface area contributed by atoms with Gasteiger partial charge < -0.3 is 10.2 Å². The molecule has 1 heterocycles. The number of piperazine rings is 1. The average molecular weight is 235 g/mol. The summed E-state index contributed by atoms with van der Waals surface area (Å²) in [5, 5.41) is 3.29. The van der Waals surface area contributed by atoms with Crippen LogP contribution in [0.5, 0.6) is 0 Å². The van der Waals surface area contributed by atoms with Crippen LogP contribution in [0.3, 0.4) is 0 Å². The number of nitrogens with zero attached hydrogens (tertiary/aromatic N) is 2. The Morgan fingerprint density at radius 1 is 1.29 bits per heavy atom. The maximum absolute atomic E-state index is 5.23. The zero-order chi connectivity index (χ0) is 12.1. The highest BCUT2D eigenvalue weighted by atomic mass is 15.3. The van der Waals surface area contributed by atoms with Gasteiger partial charge in [0.1, 0.15) is 0 Å². The second kappa shape index (κ2) is 6.39. The Morgan fingerprint density at radius 2 is 2.00 bits per heavy atom. The van der Waals surface area contributed by atoms with Crippen molar-refractivity contribution in [3.05, 3.63) is 0 Å². The first kappa shape index (κ1) is 12.9. The third kappa shape index (κ3) is 4.31. The van der Waals surface area contributed by atoms with Crippen molar-refractivity contribution in [1.29, 1.82) is 0 Å². The molecule has 1 N–H and O–H groups in total. The van der Waals surface area contributed by atoms with Crippen LogP contribution < -0.4 is 5.32 Å². The number of terminal acetylenes is 1. The molecule has 0 radical (unpaired) electrons. The van der Waals surface area contributed by atoms with E-state index in [0.717, 1.165) is 12.5 Å². The molecule has 2 fully saturated rings. The zero-order valence-electron chi connectivity index (χ0n) is 11.0. The molecule has 0 amide bonds. The first-order valence-corrected chi connectivity index (χ1v) is 6.90. The van der Waals surface area contributed by atoms with Gasteiger partial charge in [-0.3, -0.25) is 4.90 Å². The summed E-state index contributed by atoms with van der Waals surface area (Å²) in [5.41, 5.74) is 0.